The van der Waals surface area contributed by atoms with Gasteiger partial charge in [-0.05, 0) is 25.7 Å². The molecular formula is C16H21NO5S2. The van der Waals surface area contributed by atoms with Crippen LogP contribution >= 0.6 is 24.0 Å². The maximum Gasteiger partial charge on any atom is 0.309 e. The molecule has 2 rings (SSSR count). The molecule has 1 saturated carbocycles. The largest absolute Gasteiger partial charge is 0.481 e. The van der Waals surface area contributed by atoms with Crippen molar-refractivity contribution in [3.8, 4) is 0 Å². The molecule has 0 unspecified atom stereocenters. The predicted octanol–water partition coefficient (Wildman–Crippen LogP) is 3.02. The molecule has 1 aliphatic heterocycles. The van der Waals surface area contributed by atoms with Gasteiger partial charge in [0.15, 0.2) is 0 Å². The van der Waals surface area contributed by atoms with Crippen molar-refractivity contribution in [2.45, 2.75) is 51.4 Å². The highest BCUT2D eigenvalue weighted by molar-refractivity contribution is 8.26. The van der Waals surface area contributed by atoms with Gasteiger partial charge in [-0.3, -0.25) is 19.3 Å². The lowest BCUT2D eigenvalue weighted by molar-refractivity contribution is -0.151. The molecular weight excluding hydrogens is 350 g/mol. The Hall–Kier alpha value is -1.41. The van der Waals surface area contributed by atoms with Crippen LogP contribution in [-0.2, 0) is 14.4 Å². The van der Waals surface area contributed by atoms with Gasteiger partial charge in [0, 0.05) is 13.0 Å². The standard InChI is InChI=1S/C16H21NO5S2/c18-12(19)5-4-10-17-13(20)11(24-15(17)23)6-9-16(14(21)22)7-2-1-3-8-16/h6H,1-5,7-10H2,(H,18,19)(H,21,22)/b11-6+. The molecule has 1 saturated heterocycles. The molecule has 24 heavy (non-hydrogen) atoms. The number of carbonyl (C=O) groups is 3. The molecule has 8 heteroatoms. The SMILES string of the molecule is O=C(O)CCCN1C(=O)/C(=C\CC2(C(=O)O)CCCCC2)SC1=S. The Labute approximate surface area is 150 Å². The summed E-state index contributed by atoms with van der Waals surface area (Å²) in [7, 11) is 0. The minimum atomic E-state index is -0.906. The summed E-state index contributed by atoms with van der Waals surface area (Å²) in [5, 5.41) is 18.3. The van der Waals surface area contributed by atoms with E-state index < -0.39 is 17.4 Å². The first kappa shape index (κ1) is 18.9. The predicted molar refractivity (Wildman–Crippen MR) is 94.6 cm³/mol. The fourth-order valence-electron chi connectivity index (χ4n) is 3.14. The van der Waals surface area contributed by atoms with Crippen molar-refractivity contribution in [1.82, 2.24) is 4.90 Å². The van der Waals surface area contributed by atoms with E-state index in [0.717, 1.165) is 19.3 Å². The second-order valence-electron chi connectivity index (χ2n) is 6.24. The number of rotatable bonds is 7. The van der Waals surface area contributed by atoms with E-state index in [1.54, 1.807) is 6.08 Å². The lowest BCUT2D eigenvalue weighted by Crippen LogP contribution is -2.33. The number of allylic oxidation sites excluding steroid dienone is 1. The Balaban J connectivity index is 2.02. The summed E-state index contributed by atoms with van der Waals surface area (Å²) in [6.45, 7) is 0.276. The van der Waals surface area contributed by atoms with Crippen molar-refractivity contribution in [2.75, 3.05) is 6.54 Å². The van der Waals surface area contributed by atoms with Gasteiger partial charge < -0.3 is 10.2 Å². The third-order valence-corrected chi connectivity index (χ3v) is 6.02. The lowest BCUT2D eigenvalue weighted by Gasteiger charge is -2.32. The molecule has 1 amide bonds. The molecule has 0 aromatic rings. The fraction of sp³-hybridized carbons (Fsp3) is 0.625. The van der Waals surface area contributed by atoms with Crippen molar-refractivity contribution in [3.05, 3.63) is 11.0 Å². The van der Waals surface area contributed by atoms with E-state index >= 15 is 0 Å². The van der Waals surface area contributed by atoms with Crippen LogP contribution in [0.4, 0.5) is 0 Å². The van der Waals surface area contributed by atoms with Crippen LogP contribution in [0.5, 0.6) is 0 Å². The van der Waals surface area contributed by atoms with E-state index in [4.69, 9.17) is 17.3 Å². The molecule has 1 aliphatic carbocycles. The summed E-state index contributed by atoms with van der Waals surface area (Å²) in [5.41, 5.74) is -0.773. The highest BCUT2D eigenvalue weighted by Gasteiger charge is 2.40. The van der Waals surface area contributed by atoms with Gasteiger partial charge in [0.1, 0.15) is 4.32 Å². The van der Waals surface area contributed by atoms with Gasteiger partial charge in [-0.1, -0.05) is 49.3 Å². The van der Waals surface area contributed by atoms with Gasteiger partial charge >= 0.3 is 11.9 Å². The first-order valence-corrected chi connectivity index (χ1v) is 9.27. The van der Waals surface area contributed by atoms with Crippen LogP contribution in [-0.4, -0.2) is 43.8 Å². The van der Waals surface area contributed by atoms with Crippen LogP contribution in [0.25, 0.3) is 0 Å². The third kappa shape index (κ3) is 4.36. The molecule has 0 bridgehead atoms. The zero-order chi connectivity index (χ0) is 17.7. The first-order valence-electron chi connectivity index (χ1n) is 8.05. The average molecular weight is 371 g/mol. The number of nitrogens with zero attached hydrogens (tertiary/aromatic N) is 1. The molecule has 132 valence electrons. The minimum Gasteiger partial charge on any atom is -0.481 e. The Morgan fingerprint density at radius 2 is 1.92 bits per heavy atom. The summed E-state index contributed by atoms with van der Waals surface area (Å²) in [4.78, 5) is 36.5. The van der Waals surface area contributed by atoms with Gasteiger partial charge in [0.25, 0.3) is 5.91 Å². The molecule has 0 radical (unpaired) electrons. The topological polar surface area (TPSA) is 94.9 Å². The monoisotopic (exact) mass is 371 g/mol. The van der Waals surface area contributed by atoms with Gasteiger partial charge in [-0.25, -0.2) is 0 Å². The summed E-state index contributed by atoms with van der Waals surface area (Å²) >= 11 is 6.36. The summed E-state index contributed by atoms with van der Waals surface area (Å²) in [6.07, 6.45) is 6.49. The zero-order valence-electron chi connectivity index (χ0n) is 13.3. The number of thioether (sulfide) groups is 1. The quantitative estimate of drug-likeness (QED) is 0.525. The van der Waals surface area contributed by atoms with Crippen molar-refractivity contribution < 1.29 is 24.6 Å². The number of amides is 1. The Morgan fingerprint density at radius 1 is 1.25 bits per heavy atom. The van der Waals surface area contributed by atoms with E-state index in [-0.39, 0.29) is 18.9 Å². The molecule has 6 nitrogen and oxygen atoms in total. The Morgan fingerprint density at radius 3 is 2.50 bits per heavy atom. The van der Waals surface area contributed by atoms with Crippen molar-refractivity contribution in [1.29, 1.82) is 0 Å². The molecule has 2 N–H and O–H groups in total. The molecule has 1 heterocycles. The van der Waals surface area contributed by atoms with E-state index in [1.165, 1.54) is 16.7 Å². The number of carbonyl (C=O) groups excluding carboxylic acids is 1. The maximum atomic E-state index is 12.4. The van der Waals surface area contributed by atoms with Gasteiger partial charge in [-0.2, -0.15) is 0 Å². The number of carboxylic acid groups (broad SMARTS) is 2. The van der Waals surface area contributed by atoms with Crippen LogP contribution in [0.2, 0.25) is 0 Å². The van der Waals surface area contributed by atoms with Crippen LogP contribution in [0, 0.1) is 5.41 Å². The van der Waals surface area contributed by atoms with Crippen LogP contribution in [0.15, 0.2) is 11.0 Å². The number of hydrogen-bond donors (Lipinski definition) is 2. The summed E-state index contributed by atoms with van der Waals surface area (Å²) in [6, 6.07) is 0. The smallest absolute Gasteiger partial charge is 0.309 e. The number of hydrogen-bond acceptors (Lipinski definition) is 5. The number of thiocarbonyl (C=S) groups is 1. The third-order valence-electron chi connectivity index (χ3n) is 4.59. The van der Waals surface area contributed by atoms with E-state index in [2.05, 4.69) is 0 Å². The molecule has 0 aromatic carbocycles. The van der Waals surface area contributed by atoms with Crippen LogP contribution < -0.4 is 0 Å². The normalized spacial score (nSPS) is 22.2. The van der Waals surface area contributed by atoms with E-state index in [9.17, 15) is 19.5 Å². The number of aliphatic carboxylic acids is 2. The molecule has 2 aliphatic rings. The van der Waals surface area contributed by atoms with Crippen LogP contribution in [0.3, 0.4) is 0 Å². The molecule has 0 spiro atoms. The zero-order valence-corrected chi connectivity index (χ0v) is 15.0. The fourth-order valence-corrected chi connectivity index (χ4v) is 4.42. The highest BCUT2D eigenvalue weighted by atomic mass is 32.2. The number of carboxylic acids is 2. The average Bonchev–Trinajstić information content (AvgIpc) is 2.81. The van der Waals surface area contributed by atoms with Crippen molar-refractivity contribution >= 4 is 46.1 Å². The second kappa shape index (κ2) is 8.11. The van der Waals surface area contributed by atoms with Crippen molar-refractivity contribution in [3.63, 3.8) is 0 Å². The molecule has 0 aromatic heterocycles. The summed E-state index contributed by atoms with van der Waals surface area (Å²) < 4.78 is 0.407. The Kier molecular flexibility index (Phi) is 6.40. The van der Waals surface area contributed by atoms with Crippen molar-refractivity contribution in [2.24, 2.45) is 5.41 Å². The van der Waals surface area contributed by atoms with Gasteiger partial charge in [0.05, 0.1) is 10.3 Å². The van der Waals surface area contributed by atoms with Gasteiger partial charge in [0.2, 0.25) is 0 Å². The molecule has 2 fully saturated rings. The highest BCUT2D eigenvalue weighted by Crippen LogP contribution is 2.41. The maximum absolute atomic E-state index is 12.4. The van der Waals surface area contributed by atoms with Gasteiger partial charge in [-0.15, -0.1) is 0 Å². The van der Waals surface area contributed by atoms with E-state index in [0.29, 0.717) is 34.9 Å². The van der Waals surface area contributed by atoms with E-state index in [1.807, 2.05) is 0 Å². The lowest BCUT2D eigenvalue weighted by atomic mass is 9.72. The Bertz CT molecular complexity index is 581. The molecule has 0 atom stereocenters. The summed E-state index contributed by atoms with van der Waals surface area (Å²) in [5.74, 6) is -1.95. The van der Waals surface area contributed by atoms with Crippen LogP contribution in [0.1, 0.15) is 51.4 Å². The minimum absolute atomic E-state index is 0.0156. The first-order chi connectivity index (χ1) is 11.4. The second-order valence-corrected chi connectivity index (χ2v) is 7.92.